The zero-order valence-corrected chi connectivity index (χ0v) is 10.8. The molecule has 1 N–H and O–H groups in total. The van der Waals surface area contributed by atoms with Crippen LogP contribution in [0.3, 0.4) is 0 Å². The van der Waals surface area contributed by atoms with Crippen molar-refractivity contribution in [3.8, 4) is 0 Å². The molecule has 2 heterocycles. The number of hydrogen-bond acceptors (Lipinski definition) is 3. The number of rotatable bonds is 4. The molecule has 0 aliphatic carbocycles. The molecule has 0 spiro atoms. The van der Waals surface area contributed by atoms with E-state index in [1.54, 1.807) is 0 Å². The van der Waals surface area contributed by atoms with Gasteiger partial charge in [0.1, 0.15) is 0 Å². The van der Waals surface area contributed by atoms with E-state index in [1.807, 2.05) is 0 Å². The van der Waals surface area contributed by atoms with E-state index in [4.69, 9.17) is 4.74 Å². The first-order valence-corrected chi connectivity index (χ1v) is 6.65. The first-order chi connectivity index (χ1) is 7.68. The van der Waals surface area contributed by atoms with Gasteiger partial charge >= 0.3 is 0 Å². The molecule has 94 valence electrons. The summed E-state index contributed by atoms with van der Waals surface area (Å²) in [5.41, 5.74) is 0.490. The van der Waals surface area contributed by atoms with Crippen molar-refractivity contribution in [1.29, 1.82) is 0 Å². The second-order valence-corrected chi connectivity index (χ2v) is 6.02. The molecule has 2 saturated heterocycles. The van der Waals surface area contributed by atoms with Crippen LogP contribution in [0.5, 0.6) is 0 Å². The molecule has 0 bridgehead atoms. The molecule has 2 fully saturated rings. The number of nitrogens with one attached hydrogen (secondary N) is 1. The normalized spacial score (nSPS) is 35.8. The lowest BCUT2D eigenvalue weighted by Crippen LogP contribution is -2.39. The molecule has 2 atom stereocenters. The fourth-order valence-electron chi connectivity index (χ4n) is 3.11. The van der Waals surface area contributed by atoms with Crippen LogP contribution in [-0.2, 0) is 4.74 Å². The zero-order chi connectivity index (χ0) is 11.4. The van der Waals surface area contributed by atoms with Crippen LogP contribution in [0, 0.1) is 11.3 Å². The van der Waals surface area contributed by atoms with E-state index >= 15 is 0 Å². The van der Waals surface area contributed by atoms with Crippen molar-refractivity contribution in [3.63, 3.8) is 0 Å². The van der Waals surface area contributed by atoms with Gasteiger partial charge in [0.15, 0.2) is 0 Å². The summed E-state index contributed by atoms with van der Waals surface area (Å²) in [6.07, 6.45) is 3.91. The monoisotopic (exact) mass is 226 g/mol. The van der Waals surface area contributed by atoms with Gasteiger partial charge in [-0.25, -0.2) is 0 Å². The van der Waals surface area contributed by atoms with E-state index in [0.717, 1.165) is 19.1 Å². The first-order valence-electron chi connectivity index (χ1n) is 6.65. The Morgan fingerprint density at radius 2 is 2.38 bits per heavy atom. The van der Waals surface area contributed by atoms with Gasteiger partial charge in [-0.1, -0.05) is 6.92 Å². The van der Waals surface area contributed by atoms with Crippen LogP contribution in [0.4, 0.5) is 0 Å². The molecular weight excluding hydrogens is 200 g/mol. The highest BCUT2D eigenvalue weighted by Crippen LogP contribution is 2.26. The summed E-state index contributed by atoms with van der Waals surface area (Å²) >= 11 is 0. The summed E-state index contributed by atoms with van der Waals surface area (Å²) in [6.45, 7) is 9.14. The molecule has 0 saturated carbocycles. The highest BCUT2D eigenvalue weighted by molar-refractivity contribution is 4.86. The Balaban J connectivity index is 1.72. The summed E-state index contributed by atoms with van der Waals surface area (Å²) in [5.74, 6) is 0.761. The van der Waals surface area contributed by atoms with Gasteiger partial charge in [0.25, 0.3) is 0 Å². The maximum atomic E-state index is 5.54. The predicted molar refractivity (Wildman–Crippen MR) is 66.6 cm³/mol. The second kappa shape index (κ2) is 5.48. The molecule has 2 aliphatic rings. The van der Waals surface area contributed by atoms with Crippen LogP contribution in [-0.4, -0.2) is 51.3 Å². The Morgan fingerprint density at radius 1 is 1.50 bits per heavy atom. The maximum Gasteiger partial charge on any atom is 0.0506 e. The van der Waals surface area contributed by atoms with E-state index in [0.29, 0.717) is 5.41 Å². The van der Waals surface area contributed by atoms with E-state index in [2.05, 4.69) is 24.2 Å². The van der Waals surface area contributed by atoms with Crippen LogP contribution in [0.25, 0.3) is 0 Å². The number of hydrogen-bond donors (Lipinski definition) is 1. The van der Waals surface area contributed by atoms with Crippen molar-refractivity contribution >= 4 is 0 Å². The summed E-state index contributed by atoms with van der Waals surface area (Å²) in [5, 5.41) is 3.47. The van der Waals surface area contributed by atoms with Crippen molar-refractivity contribution in [3.05, 3.63) is 0 Å². The Labute approximate surface area is 99.5 Å². The molecule has 3 nitrogen and oxygen atoms in total. The molecule has 2 aliphatic heterocycles. The summed E-state index contributed by atoms with van der Waals surface area (Å²) < 4.78 is 5.54. The largest absolute Gasteiger partial charge is 0.381 e. The van der Waals surface area contributed by atoms with Crippen LogP contribution < -0.4 is 5.32 Å². The highest BCUT2D eigenvalue weighted by atomic mass is 16.5. The lowest BCUT2D eigenvalue weighted by molar-refractivity contribution is 0.0373. The topological polar surface area (TPSA) is 24.5 Å². The minimum absolute atomic E-state index is 0.490. The molecule has 0 aromatic rings. The van der Waals surface area contributed by atoms with E-state index in [1.165, 1.54) is 45.4 Å². The van der Waals surface area contributed by atoms with Crippen LogP contribution in [0.15, 0.2) is 0 Å². The summed E-state index contributed by atoms with van der Waals surface area (Å²) in [7, 11) is 2.26. The van der Waals surface area contributed by atoms with Gasteiger partial charge in [-0.05, 0) is 44.2 Å². The predicted octanol–water partition coefficient (Wildman–Crippen LogP) is 1.34. The molecule has 3 heteroatoms. The lowest BCUT2D eigenvalue weighted by atomic mass is 9.89. The van der Waals surface area contributed by atoms with Gasteiger partial charge in [0.05, 0.1) is 6.61 Å². The third kappa shape index (κ3) is 3.44. The fourth-order valence-corrected chi connectivity index (χ4v) is 3.11. The molecule has 0 amide bonds. The van der Waals surface area contributed by atoms with Gasteiger partial charge in [0, 0.05) is 26.2 Å². The number of nitrogens with zero attached hydrogens (tertiary/aromatic N) is 1. The van der Waals surface area contributed by atoms with Gasteiger partial charge in [-0.15, -0.1) is 0 Å². The van der Waals surface area contributed by atoms with Gasteiger partial charge in [-0.3, -0.25) is 0 Å². The second-order valence-electron chi connectivity index (χ2n) is 6.02. The van der Waals surface area contributed by atoms with Crippen molar-refractivity contribution < 1.29 is 4.74 Å². The van der Waals surface area contributed by atoms with Gasteiger partial charge < -0.3 is 15.0 Å². The lowest BCUT2D eigenvalue weighted by Gasteiger charge is -2.32. The third-order valence-electron chi connectivity index (χ3n) is 3.93. The third-order valence-corrected chi connectivity index (χ3v) is 3.93. The molecular formula is C13H26N2O. The van der Waals surface area contributed by atoms with E-state index in [-0.39, 0.29) is 0 Å². The first kappa shape index (κ1) is 12.3. The zero-order valence-electron chi connectivity index (χ0n) is 10.8. The Kier molecular flexibility index (Phi) is 4.22. The van der Waals surface area contributed by atoms with Gasteiger partial charge in [0.2, 0.25) is 0 Å². The van der Waals surface area contributed by atoms with Crippen LogP contribution in [0.1, 0.15) is 26.2 Å². The Bertz CT molecular complexity index is 208. The minimum atomic E-state index is 0.490. The molecule has 0 radical (unpaired) electrons. The Morgan fingerprint density at radius 3 is 3.00 bits per heavy atom. The molecule has 2 unspecified atom stereocenters. The highest BCUT2D eigenvalue weighted by Gasteiger charge is 2.30. The molecule has 2 rings (SSSR count). The average molecular weight is 226 g/mol. The van der Waals surface area contributed by atoms with Crippen LogP contribution in [0.2, 0.25) is 0 Å². The molecule has 0 aromatic heterocycles. The maximum absolute atomic E-state index is 5.54. The van der Waals surface area contributed by atoms with E-state index in [9.17, 15) is 0 Å². The standard InChI is InChI=1S/C13H26N2O/c1-13(5-6-14-10-13)11-15(2)8-12-4-3-7-16-9-12/h12,14H,3-11H2,1-2H3. The van der Waals surface area contributed by atoms with E-state index < -0.39 is 0 Å². The number of ether oxygens (including phenoxy) is 1. The summed E-state index contributed by atoms with van der Waals surface area (Å²) in [4.78, 5) is 2.51. The fraction of sp³-hybridized carbons (Fsp3) is 1.00. The molecule has 0 aromatic carbocycles. The SMILES string of the molecule is CN(CC1CCCOC1)CC1(C)CCNC1. The summed E-state index contributed by atoms with van der Waals surface area (Å²) in [6, 6.07) is 0. The van der Waals surface area contributed by atoms with Crippen molar-refractivity contribution in [2.45, 2.75) is 26.2 Å². The van der Waals surface area contributed by atoms with Crippen molar-refractivity contribution in [2.24, 2.45) is 11.3 Å². The Hall–Kier alpha value is -0.120. The average Bonchev–Trinajstić information content (AvgIpc) is 2.66. The molecule has 16 heavy (non-hydrogen) atoms. The van der Waals surface area contributed by atoms with Crippen molar-refractivity contribution in [2.75, 3.05) is 46.4 Å². The quantitative estimate of drug-likeness (QED) is 0.783. The minimum Gasteiger partial charge on any atom is -0.381 e. The van der Waals surface area contributed by atoms with Crippen LogP contribution >= 0.6 is 0 Å². The smallest absolute Gasteiger partial charge is 0.0506 e. The van der Waals surface area contributed by atoms with Crippen molar-refractivity contribution in [1.82, 2.24) is 10.2 Å². The van der Waals surface area contributed by atoms with Gasteiger partial charge in [-0.2, -0.15) is 0 Å².